The number of hydrogen-bond donors (Lipinski definition) is 0. The molecule has 7 rings (SSSR count). The van der Waals surface area contributed by atoms with Crippen LogP contribution in [0.2, 0.25) is 0 Å². The van der Waals surface area contributed by atoms with Crippen molar-refractivity contribution in [2.45, 2.75) is 19.3 Å². The summed E-state index contributed by atoms with van der Waals surface area (Å²) in [5.41, 5.74) is 9.44. The lowest BCUT2D eigenvalue weighted by Gasteiger charge is -2.21. The van der Waals surface area contributed by atoms with Crippen LogP contribution in [-0.4, -0.2) is 15.0 Å². The topological polar surface area (TPSA) is 38.7 Å². The van der Waals surface area contributed by atoms with Crippen LogP contribution in [-0.2, 0) is 5.41 Å². The molecule has 0 amide bonds. The molecule has 0 spiro atoms. The number of nitrogens with zero attached hydrogens (tertiary/aromatic N) is 3. The third kappa shape index (κ3) is 3.77. The predicted octanol–water partition coefficient (Wildman–Crippen LogP) is 8.91. The molecule has 0 atom stereocenters. The standard InChI is InChI=1S/C34H25N3S/c1-34(2)28-18-19-38-30(28)27-17-16-25(21-29(27)34)24-14-9-15-26(20-24)33-36-31(22-10-5-3-6-11-22)35-32(37-33)23-12-7-4-8-13-23/h3-21H,1-2H3. The van der Waals surface area contributed by atoms with Crippen molar-refractivity contribution in [1.29, 1.82) is 0 Å². The number of rotatable bonds is 4. The molecule has 182 valence electrons. The maximum Gasteiger partial charge on any atom is 0.164 e. The molecule has 1 aliphatic carbocycles. The molecule has 38 heavy (non-hydrogen) atoms. The molecule has 4 aromatic carbocycles. The smallest absolute Gasteiger partial charge is 0.164 e. The third-order valence-electron chi connectivity index (χ3n) is 7.43. The summed E-state index contributed by atoms with van der Waals surface area (Å²) in [4.78, 5) is 16.1. The second-order valence-corrected chi connectivity index (χ2v) is 11.1. The molecule has 0 bridgehead atoms. The maximum atomic E-state index is 4.91. The zero-order chi connectivity index (χ0) is 25.7. The summed E-state index contributed by atoms with van der Waals surface area (Å²) in [5, 5.41) is 2.20. The van der Waals surface area contributed by atoms with E-state index < -0.39 is 0 Å². The quantitative estimate of drug-likeness (QED) is 0.239. The Balaban J connectivity index is 1.34. The summed E-state index contributed by atoms with van der Waals surface area (Å²) < 4.78 is 0. The fraction of sp³-hybridized carbons (Fsp3) is 0.0882. The first-order valence-corrected chi connectivity index (χ1v) is 13.7. The number of aromatic nitrogens is 3. The first kappa shape index (κ1) is 22.8. The summed E-state index contributed by atoms with van der Waals surface area (Å²) >= 11 is 1.83. The summed E-state index contributed by atoms with van der Waals surface area (Å²) in [6.07, 6.45) is 0. The highest BCUT2D eigenvalue weighted by molar-refractivity contribution is 7.14. The van der Waals surface area contributed by atoms with E-state index in [9.17, 15) is 0 Å². The van der Waals surface area contributed by atoms with E-state index in [2.05, 4.69) is 67.8 Å². The first-order valence-electron chi connectivity index (χ1n) is 12.8. The summed E-state index contributed by atoms with van der Waals surface area (Å²) in [6, 6.07) is 37.9. The highest BCUT2D eigenvalue weighted by atomic mass is 32.1. The largest absolute Gasteiger partial charge is 0.208 e. The van der Waals surface area contributed by atoms with Crippen molar-refractivity contribution in [3.63, 3.8) is 0 Å². The van der Waals surface area contributed by atoms with Gasteiger partial charge in [0.25, 0.3) is 0 Å². The van der Waals surface area contributed by atoms with Crippen molar-refractivity contribution in [2.24, 2.45) is 0 Å². The number of thiophene rings is 1. The van der Waals surface area contributed by atoms with Crippen molar-refractivity contribution < 1.29 is 0 Å². The Morgan fingerprint density at radius 3 is 1.71 bits per heavy atom. The summed E-state index contributed by atoms with van der Waals surface area (Å²) in [6.45, 7) is 4.65. The molecule has 0 saturated carbocycles. The van der Waals surface area contributed by atoms with Gasteiger partial charge in [-0.3, -0.25) is 0 Å². The lowest BCUT2D eigenvalue weighted by molar-refractivity contribution is 0.662. The molecule has 3 nitrogen and oxygen atoms in total. The Bertz CT molecular complexity index is 1730. The van der Waals surface area contributed by atoms with Crippen molar-refractivity contribution in [2.75, 3.05) is 0 Å². The molecule has 2 aromatic heterocycles. The van der Waals surface area contributed by atoms with Crippen LogP contribution in [0.25, 0.3) is 55.7 Å². The minimum absolute atomic E-state index is 0.00165. The van der Waals surface area contributed by atoms with Gasteiger partial charge >= 0.3 is 0 Å². The van der Waals surface area contributed by atoms with E-state index in [0.29, 0.717) is 17.5 Å². The van der Waals surface area contributed by atoms with Gasteiger partial charge in [0.15, 0.2) is 17.5 Å². The van der Waals surface area contributed by atoms with Crippen LogP contribution in [0.5, 0.6) is 0 Å². The van der Waals surface area contributed by atoms with E-state index in [1.807, 2.05) is 72.0 Å². The van der Waals surface area contributed by atoms with E-state index in [1.165, 1.54) is 27.1 Å². The minimum Gasteiger partial charge on any atom is -0.208 e. The van der Waals surface area contributed by atoms with Crippen LogP contribution in [0, 0.1) is 0 Å². The van der Waals surface area contributed by atoms with Crippen LogP contribution in [0.1, 0.15) is 25.0 Å². The molecular formula is C34H25N3S. The number of hydrogen-bond acceptors (Lipinski definition) is 4. The van der Waals surface area contributed by atoms with E-state index in [4.69, 9.17) is 15.0 Å². The molecule has 0 unspecified atom stereocenters. The van der Waals surface area contributed by atoms with E-state index >= 15 is 0 Å². The second-order valence-electron chi connectivity index (χ2n) is 10.2. The second kappa shape index (κ2) is 8.86. The van der Waals surface area contributed by atoms with E-state index in [0.717, 1.165) is 22.3 Å². The summed E-state index contributed by atoms with van der Waals surface area (Å²) in [7, 11) is 0. The molecule has 4 heteroatoms. The third-order valence-corrected chi connectivity index (χ3v) is 8.38. The lowest BCUT2D eigenvalue weighted by Crippen LogP contribution is -2.14. The van der Waals surface area contributed by atoms with Crippen molar-refractivity contribution >= 4 is 11.3 Å². The van der Waals surface area contributed by atoms with Crippen LogP contribution in [0.4, 0.5) is 0 Å². The molecular weight excluding hydrogens is 482 g/mol. The molecule has 0 aliphatic heterocycles. The van der Waals surface area contributed by atoms with Gasteiger partial charge in [0.1, 0.15) is 0 Å². The average Bonchev–Trinajstić information content (AvgIpc) is 3.55. The number of benzene rings is 4. The van der Waals surface area contributed by atoms with E-state index in [1.54, 1.807) is 0 Å². The van der Waals surface area contributed by atoms with Gasteiger partial charge in [0.05, 0.1) is 0 Å². The van der Waals surface area contributed by atoms with E-state index in [-0.39, 0.29) is 5.41 Å². The average molecular weight is 508 g/mol. The first-order chi connectivity index (χ1) is 18.6. The molecule has 0 radical (unpaired) electrons. The van der Waals surface area contributed by atoms with Crippen LogP contribution < -0.4 is 0 Å². The molecule has 1 aliphatic rings. The van der Waals surface area contributed by atoms with Gasteiger partial charge in [-0.1, -0.05) is 105 Å². The zero-order valence-corrected chi connectivity index (χ0v) is 22.0. The molecule has 2 heterocycles. The van der Waals surface area contributed by atoms with Crippen LogP contribution in [0.3, 0.4) is 0 Å². The SMILES string of the molecule is CC1(C)c2cc(-c3cccc(-c4nc(-c5ccccc5)nc(-c5ccccc5)n4)c3)ccc2-c2sccc21. The molecule has 6 aromatic rings. The van der Waals surface area contributed by atoms with Gasteiger partial charge in [-0.25, -0.2) is 15.0 Å². The van der Waals surface area contributed by atoms with Crippen molar-refractivity contribution in [3.8, 4) is 55.7 Å². The number of fused-ring (bicyclic) bond motifs is 3. The summed E-state index contributed by atoms with van der Waals surface area (Å²) in [5.74, 6) is 2.01. The van der Waals surface area contributed by atoms with Crippen molar-refractivity contribution in [1.82, 2.24) is 15.0 Å². The van der Waals surface area contributed by atoms with Crippen LogP contribution >= 0.6 is 11.3 Å². The molecule has 0 N–H and O–H groups in total. The maximum absolute atomic E-state index is 4.91. The monoisotopic (exact) mass is 507 g/mol. The fourth-order valence-electron chi connectivity index (χ4n) is 5.37. The Labute approximate surface area is 226 Å². The highest BCUT2D eigenvalue weighted by Gasteiger charge is 2.36. The Kier molecular flexibility index (Phi) is 5.31. The fourth-order valence-corrected chi connectivity index (χ4v) is 6.46. The Morgan fingerprint density at radius 2 is 1.05 bits per heavy atom. The Morgan fingerprint density at radius 1 is 0.500 bits per heavy atom. The molecule has 0 saturated heterocycles. The molecule has 0 fully saturated rings. The lowest BCUT2D eigenvalue weighted by atomic mass is 9.82. The van der Waals surface area contributed by atoms with Gasteiger partial charge in [0.2, 0.25) is 0 Å². The van der Waals surface area contributed by atoms with Gasteiger partial charge in [-0.05, 0) is 51.4 Å². The van der Waals surface area contributed by atoms with Gasteiger partial charge in [-0.2, -0.15) is 0 Å². The zero-order valence-electron chi connectivity index (χ0n) is 21.2. The Hall–Kier alpha value is -4.41. The van der Waals surface area contributed by atoms with Gasteiger partial charge < -0.3 is 0 Å². The highest BCUT2D eigenvalue weighted by Crippen LogP contribution is 2.52. The van der Waals surface area contributed by atoms with Crippen molar-refractivity contribution in [3.05, 3.63) is 126 Å². The van der Waals surface area contributed by atoms with Gasteiger partial charge in [0, 0.05) is 27.0 Å². The predicted molar refractivity (Wildman–Crippen MR) is 157 cm³/mol. The minimum atomic E-state index is 0.00165. The van der Waals surface area contributed by atoms with Crippen LogP contribution in [0.15, 0.2) is 115 Å². The normalized spacial score (nSPS) is 13.2. The van der Waals surface area contributed by atoms with Gasteiger partial charge in [-0.15, -0.1) is 11.3 Å².